The summed E-state index contributed by atoms with van der Waals surface area (Å²) in [6.07, 6.45) is 1.15. The Hall–Kier alpha value is -0.410. The van der Waals surface area contributed by atoms with Crippen molar-refractivity contribution in [2.45, 2.75) is 41.0 Å². The molecule has 0 unspecified atom stereocenters. The van der Waals surface area contributed by atoms with Crippen molar-refractivity contribution in [2.75, 3.05) is 39.3 Å². The van der Waals surface area contributed by atoms with Gasteiger partial charge in [-0.05, 0) is 39.1 Å². The summed E-state index contributed by atoms with van der Waals surface area (Å²) in [7, 11) is 0. The van der Waals surface area contributed by atoms with Crippen LogP contribution in [0.3, 0.4) is 0 Å². The summed E-state index contributed by atoms with van der Waals surface area (Å²) in [4.78, 5) is 16.4. The molecule has 0 aliphatic carbocycles. The fourth-order valence-electron chi connectivity index (χ4n) is 1.81. The fraction of sp³-hybridized carbons (Fsp3) is 0.929. The molecule has 0 saturated carbocycles. The smallest absolute Gasteiger partial charge is 0.149 e. The van der Waals surface area contributed by atoms with E-state index >= 15 is 0 Å². The normalized spacial score (nSPS) is 11.8. The molecular formula is C14H30N2O. The molecule has 0 fully saturated rings. The number of likely N-dealkylation sites (N-methyl/N-ethyl adjacent to an activating group) is 1. The molecule has 0 amide bonds. The Morgan fingerprint density at radius 2 is 1.41 bits per heavy atom. The third-order valence-corrected chi connectivity index (χ3v) is 3.31. The van der Waals surface area contributed by atoms with E-state index in [4.69, 9.17) is 0 Å². The van der Waals surface area contributed by atoms with Gasteiger partial charge < -0.3 is 4.90 Å². The molecule has 102 valence electrons. The van der Waals surface area contributed by atoms with Crippen LogP contribution in [0.25, 0.3) is 0 Å². The van der Waals surface area contributed by atoms with E-state index < -0.39 is 0 Å². The Kier molecular flexibility index (Phi) is 9.37. The van der Waals surface area contributed by atoms with Crippen LogP contribution in [0.15, 0.2) is 0 Å². The first-order chi connectivity index (χ1) is 8.04. The van der Waals surface area contributed by atoms with E-state index in [0.29, 0.717) is 12.3 Å². The highest BCUT2D eigenvalue weighted by atomic mass is 16.1. The molecule has 0 aromatic carbocycles. The van der Waals surface area contributed by atoms with E-state index in [1.807, 2.05) is 13.8 Å². The number of rotatable bonds is 10. The number of ketones is 1. The van der Waals surface area contributed by atoms with Crippen molar-refractivity contribution in [3.8, 4) is 0 Å². The minimum absolute atomic E-state index is 0.159. The Balaban J connectivity index is 3.86. The third-order valence-electron chi connectivity index (χ3n) is 3.31. The first-order valence-corrected chi connectivity index (χ1v) is 7.02. The van der Waals surface area contributed by atoms with Gasteiger partial charge in [-0.25, -0.2) is 0 Å². The van der Waals surface area contributed by atoms with Gasteiger partial charge in [0.15, 0.2) is 0 Å². The summed E-state index contributed by atoms with van der Waals surface area (Å²) >= 11 is 0. The maximum atomic E-state index is 11.7. The number of hydrogen-bond donors (Lipinski definition) is 0. The lowest BCUT2D eigenvalue weighted by molar-refractivity contribution is -0.123. The molecular weight excluding hydrogens is 212 g/mol. The Morgan fingerprint density at radius 1 is 0.941 bits per heavy atom. The van der Waals surface area contributed by atoms with Crippen LogP contribution in [-0.4, -0.2) is 54.9 Å². The maximum Gasteiger partial charge on any atom is 0.149 e. The summed E-state index contributed by atoms with van der Waals surface area (Å²) in [5.41, 5.74) is 0. The van der Waals surface area contributed by atoms with Crippen LogP contribution in [0, 0.1) is 5.92 Å². The van der Waals surface area contributed by atoms with E-state index in [9.17, 15) is 4.79 Å². The number of carbonyl (C=O) groups excluding carboxylic acids is 1. The summed E-state index contributed by atoms with van der Waals surface area (Å²) in [6.45, 7) is 16.5. The van der Waals surface area contributed by atoms with Gasteiger partial charge in [0.25, 0.3) is 0 Å². The lowest BCUT2D eigenvalue weighted by Crippen LogP contribution is -2.34. The molecule has 0 bridgehead atoms. The quantitative estimate of drug-likeness (QED) is 0.587. The molecule has 17 heavy (non-hydrogen) atoms. The van der Waals surface area contributed by atoms with E-state index in [-0.39, 0.29) is 5.92 Å². The summed E-state index contributed by atoms with van der Waals surface area (Å²) < 4.78 is 0. The van der Waals surface area contributed by atoms with Gasteiger partial charge in [0.2, 0.25) is 0 Å². The van der Waals surface area contributed by atoms with Crippen molar-refractivity contribution >= 4 is 5.78 Å². The average molecular weight is 242 g/mol. The largest absolute Gasteiger partial charge is 0.304 e. The Labute approximate surface area is 107 Å². The average Bonchev–Trinajstić information content (AvgIpc) is 2.32. The van der Waals surface area contributed by atoms with Crippen LogP contribution >= 0.6 is 0 Å². The highest BCUT2D eigenvalue weighted by molar-refractivity contribution is 5.82. The van der Waals surface area contributed by atoms with Crippen LogP contribution in [0.1, 0.15) is 41.0 Å². The zero-order valence-electron chi connectivity index (χ0n) is 12.3. The summed E-state index contributed by atoms with van der Waals surface area (Å²) in [5.74, 6) is 0.515. The highest BCUT2D eigenvalue weighted by Gasteiger charge is 2.12. The highest BCUT2D eigenvalue weighted by Crippen LogP contribution is 2.00. The van der Waals surface area contributed by atoms with Gasteiger partial charge in [-0.2, -0.15) is 0 Å². The van der Waals surface area contributed by atoms with Crippen molar-refractivity contribution in [3.05, 3.63) is 0 Å². The van der Waals surface area contributed by atoms with Gasteiger partial charge in [-0.15, -0.1) is 0 Å². The summed E-state index contributed by atoms with van der Waals surface area (Å²) in [5, 5.41) is 0. The molecule has 0 saturated heterocycles. The second kappa shape index (κ2) is 9.60. The number of hydrogen-bond acceptors (Lipinski definition) is 3. The Morgan fingerprint density at radius 3 is 1.82 bits per heavy atom. The first kappa shape index (κ1) is 16.6. The molecule has 0 heterocycles. The van der Waals surface area contributed by atoms with Gasteiger partial charge in [0.05, 0.1) is 6.54 Å². The third kappa shape index (κ3) is 7.50. The predicted octanol–water partition coefficient (Wildman–Crippen LogP) is 2.27. The van der Waals surface area contributed by atoms with Crippen LogP contribution in [0.4, 0.5) is 0 Å². The van der Waals surface area contributed by atoms with Gasteiger partial charge >= 0.3 is 0 Å². The second-order valence-corrected chi connectivity index (χ2v) is 4.87. The van der Waals surface area contributed by atoms with Gasteiger partial charge in [0.1, 0.15) is 5.78 Å². The zero-order chi connectivity index (χ0) is 13.3. The lowest BCUT2D eigenvalue weighted by atomic mass is 10.1. The van der Waals surface area contributed by atoms with E-state index in [0.717, 1.165) is 39.1 Å². The van der Waals surface area contributed by atoms with Crippen molar-refractivity contribution in [1.82, 2.24) is 9.80 Å². The van der Waals surface area contributed by atoms with Crippen LogP contribution in [0.2, 0.25) is 0 Å². The molecule has 0 rings (SSSR count). The lowest BCUT2D eigenvalue weighted by Gasteiger charge is -2.23. The van der Waals surface area contributed by atoms with Crippen molar-refractivity contribution in [3.63, 3.8) is 0 Å². The molecule has 3 nitrogen and oxygen atoms in total. The molecule has 0 spiro atoms. The van der Waals surface area contributed by atoms with E-state index in [1.165, 1.54) is 0 Å². The number of nitrogens with zero attached hydrogens (tertiary/aromatic N) is 2. The molecule has 0 atom stereocenters. The zero-order valence-corrected chi connectivity index (χ0v) is 12.3. The molecule has 0 aromatic heterocycles. The number of carbonyl (C=O) groups is 1. The van der Waals surface area contributed by atoms with Crippen molar-refractivity contribution < 1.29 is 4.79 Å². The van der Waals surface area contributed by atoms with Crippen LogP contribution in [0.5, 0.6) is 0 Å². The minimum atomic E-state index is 0.159. The summed E-state index contributed by atoms with van der Waals surface area (Å²) in [6, 6.07) is 0. The van der Waals surface area contributed by atoms with Gasteiger partial charge in [-0.1, -0.05) is 34.6 Å². The monoisotopic (exact) mass is 242 g/mol. The first-order valence-electron chi connectivity index (χ1n) is 7.02. The SMILES string of the molecule is CCN(CC)CCCN(CC)CC(=O)C(C)C. The van der Waals surface area contributed by atoms with E-state index in [1.54, 1.807) is 0 Å². The Bertz CT molecular complexity index is 200. The van der Waals surface area contributed by atoms with Crippen molar-refractivity contribution in [1.29, 1.82) is 0 Å². The van der Waals surface area contributed by atoms with Gasteiger partial charge in [-0.3, -0.25) is 9.69 Å². The molecule has 0 aliphatic heterocycles. The fourth-order valence-corrected chi connectivity index (χ4v) is 1.81. The molecule has 3 heteroatoms. The number of Topliss-reactive ketones (excluding diaryl/α,β-unsaturated/α-hetero) is 1. The molecule has 0 aromatic rings. The van der Waals surface area contributed by atoms with Crippen LogP contribution < -0.4 is 0 Å². The standard InChI is InChI=1S/C14H30N2O/c1-6-15(7-2)10-9-11-16(8-3)12-14(17)13(4)5/h13H,6-12H2,1-5H3. The van der Waals surface area contributed by atoms with E-state index in [2.05, 4.69) is 30.6 Å². The maximum absolute atomic E-state index is 11.7. The molecule has 0 N–H and O–H groups in total. The van der Waals surface area contributed by atoms with Crippen molar-refractivity contribution in [2.24, 2.45) is 5.92 Å². The minimum Gasteiger partial charge on any atom is -0.304 e. The second-order valence-electron chi connectivity index (χ2n) is 4.87. The van der Waals surface area contributed by atoms with Crippen LogP contribution in [-0.2, 0) is 4.79 Å². The predicted molar refractivity (Wildman–Crippen MR) is 74.4 cm³/mol. The topological polar surface area (TPSA) is 23.6 Å². The molecule has 0 radical (unpaired) electrons. The molecule has 0 aliphatic rings. The van der Waals surface area contributed by atoms with Gasteiger partial charge in [0, 0.05) is 5.92 Å².